The molecule has 8 heteroatoms. The lowest BCUT2D eigenvalue weighted by Crippen LogP contribution is -2.39. The zero-order valence-corrected chi connectivity index (χ0v) is 16.2. The highest BCUT2D eigenvalue weighted by molar-refractivity contribution is 7.89. The van der Waals surface area contributed by atoms with E-state index in [4.69, 9.17) is 9.47 Å². The fourth-order valence-electron chi connectivity index (χ4n) is 3.09. The number of methoxy groups -OCH3 is 2. The van der Waals surface area contributed by atoms with Crippen LogP contribution in [0, 0.1) is 0 Å². The molecule has 7 nitrogen and oxygen atoms in total. The summed E-state index contributed by atoms with van der Waals surface area (Å²) in [5.74, 6) is 0.486. The van der Waals surface area contributed by atoms with Gasteiger partial charge in [0.15, 0.2) is 11.5 Å². The molecule has 0 spiro atoms. The molecule has 1 amide bonds. The molecule has 0 aromatic heterocycles. The molecule has 0 saturated heterocycles. The van der Waals surface area contributed by atoms with E-state index in [1.165, 1.54) is 27.1 Å². The SMILES string of the molecule is COc1ccc(C(=O)NCCS(=O)(=O)NC2CCCCCC2)cc1OC. The molecule has 146 valence electrons. The predicted molar refractivity (Wildman–Crippen MR) is 100 cm³/mol. The molecule has 0 heterocycles. The van der Waals surface area contributed by atoms with E-state index in [0.717, 1.165) is 25.7 Å². The Balaban J connectivity index is 1.85. The van der Waals surface area contributed by atoms with Crippen molar-refractivity contribution in [3.63, 3.8) is 0 Å². The molecule has 0 bridgehead atoms. The van der Waals surface area contributed by atoms with Gasteiger partial charge in [-0.05, 0) is 31.0 Å². The Morgan fingerprint density at radius 3 is 2.35 bits per heavy atom. The molecular formula is C18H28N2O5S. The molecule has 1 aromatic carbocycles. The first-order valence-electron chi connectivity index (χ1n) is 8.95. The molecular weight excluding hydrogens is 356 g/mol. The van der Waals surface area contributed by atoms with Crippen LogP contribution < -0.4 is 19.5 Å². The number of ether oxygens (including phenoxy) is 2. The molecule has 2 N–H and O–H groups in total. The van der Waals surface area contributed by atoms with Gasteiger partial charge in [-0.25, -0.2) is 13.1 Å². The minimum absolute atomic E-state index is 0.0176. The maximum Gasteiger partial charge on any atom is 0.251 e. The highest BCUT2D eigenvalue weighted by Gasteiger charge is 2.19. The molecule has 0 radical (unpaired) electrons. The Bertz CT molecular complexity index is 698. The molecule has 0 atom stereocenters. The van der Waals surface area contributed by atoms with Crippen molar-refractivity contribution >= 4 is 15.9 Å². The Kier molecular flexibility index (Phi) is 7.71. The Morgan fingerprint density at radius 2 is 1.73 bits per heavy atom. The summed E-state index contributed by atoms with van der Waals surface area (Å²) in [5, 5.41) is 2.64. The van der Waals surface area contributed by atoms with Crippen molar-refractivity contribution in [1.82, 2.24) is 10.0 Å². The lowest BCUT2D eigenvalue weighted by Gasteiger charge is -2.16. The minimum atomic E-state index is -3.41. The van der Waals surface area contributed by atoms with Gasteiger partial charge in [0.05, 0.1) is 20.0 Å². The second kappa shape index (κ2) is 9.78. The number of carbonyl (C=O) groups excluding carboxylic acids is 1. The fourth-order valence-corrected chi connectivity index (χ4v) is 4.32. The third kappa shape index (κ3) is 6.17. The molecule has 1 aromatic rings. The van der Waals surface area contributed by atoms with Crippen molar-refractivity contribution in [2.45, 2.75) is 44.6 Å². The highest BCUT2D eigenvalue weighted by Crippen LogP contribution is 2.27. The standard InChI is InChI=1S/C18H28N2O5S/c1-24-16-10-9-14(13-17(16)25-2)18(21)19-11-12-26(22,23)20-15-7-5-3-4-6-8-15/h9-10,13,15,20H,3-8,11-12H2,1-2H3,(H,19,21). The van der Waals surface area contributed by atoms with E-state index >= 15 is 0 Å². The number of carbonyl (C=O) groups is 1. The average molecular weight is 384 g/mol. The summed E-state index contributed by atoms with van der Waals surface area (Å²) >= 11 is 0. The maximum atomic E-state index is 12.2. The molecule has 26 heavy (non-hydrogen) atoms. The van der Waals surface area contributed by atoms with Crippen LogP contribution in [0.2, 0.25) is 0 Å². The van der Waals surface area contributed by atoms with Crippen molar-refractivity contribution < 1.29 is 22.7 Å². The first-order valence-corrected chi connectivity index (χ1v) is 10.6. The van der Waals surface area contributed by atoms with Crippen LogP contribution in [0.1, 0.15) is 48.9 Å². The van der Waals surface area contributed by atoms with Crippen LogP contribution in [-0.4, -0.2) is 46.9 Å². The molecule has 0 aliphatic heterocycles. The van der Waals surface area contributed by atoms with Crippen molar-refractivity contribution in [1.29, 1.82) is 0 Å². The molecule has 1 aliphatic rings. The maximum absolute atomic E-state index is 12.2. The Labute approximate surface area is 155 Å². The van der Waals surface area contributed by atoms with Crippen LogP contribution in [0.4, 0.5) is 0 Å². The van der Waals surface area contributed by atoms with Crippen LogP contribution in [0.5, 0.6) is 11.5 Å². The van der Waals surface area contributed by atoms with Crippen LogP contribution in [0.3, 0.4) is 0 Å². The van der Waals surface area contributed by atoms with Gasteiger partial charge in [-0.1, -0.05) is 25.7 Å². The monoisotopic (exact) mass is 384 g/mol. The zero-order valence-electron chi connectivity index (χ0n) is 15.4. The smallest absolute Gasteiger partial charge is 0.251 e. The van der Waals surface area contributed by atoms with Gasteiger partial charge in [0.1, 0.15) is 0 Å². The third-order valence-electron chi connectivity index (χ3n) is 4.50. The van der Waals surface area contributed by atoms with Gasteiger partial charge >= 0.3 is 0 Å². The molecule has 1 fully saturated rings. The summed E-state index contributed by atoms with van der Waals surface area (Å²) in [4.78, 5) is 12.2. The normalized spacial score (nSPS) is 15.9. The van der Waals surface area contributed by atoms with E-state index in [1.807, 2.05) is 0 Å². The summed E-state index contributed by atoms with van der Waals surface area (Å²) in [7, 11) is -0.399. The fraction of sp³-hybridized carbons (Fsp3) is 0.611. The van der Waals surface area contributed by atoms with Gasteiger partial charge in [0.2, 0.25) is 10.0 Å². The number of benzene rings is 1. The van der Waals surface area contributed by atoms with Crippen LogP contribution >= 0.6 is 0 Å². The van der Waals surface area contributed by atoms with Crippen molar-refractivity contribution in [3.8, 4) is 11.5 Å². The van der Waals surface area contributed by atoms with E-state index in [1.54, 1.807) is 18.2 Å². The van der Waals surface area contributed by atoms with E-state index in [2.05, 4.69) is 10.0 Å². The topological polar surface area (TPSA) is 93.7 Å². The molecule has 0 unspecified atom stereocenters. The van der Waals surface area contributed by atoms with Gasteiger partial charge in [-0.2, -0.15) is 0 Å². The van der Waals surface area contributed by atoms with Crippen LogP contribution in [0.15, 0.2) is 18.2 Å². The van der Waals surface area contributed by atoms with E-state index < -0.39 is 10.0 Å². The number of hydrogen-bond donors (Lipinski definition) is 2. The number of hydrogen-bond acceptors (Lipinski definition) is 5. The third-order valence-corrected chi connectivity index (χ3v) is 5.94. The van der Waals surface area contributed by atoms with Crippen LogP contribution in [-0.2, 0) is 10.0 Å². The number of amides is 1. The largest absolute Gasteiger partial charge is 0.493 e. The van der Waals surface area contributed by atoms with Gasteiger partial charge < -0.3 is 14.8 Å². The van der Waals surface area contributed by atoms with Gasteiger partial charge in [0, 0.05) is 18.2 Å². The highest BCUT2D eigenvalue weighted by atomic mass is 32.2. The van der Waals surface area contributed by atoms with E-state index in [9.17, 15) is 13.2 Å². The molecule has 1 saturated carbocycles. The minimum Gasteiger partial charge on any atom is -0.493 e. The Morgan fingerprint density at radius 1 is 1.08 bits per heavy atom. The van der Waals surface area contributed by atoms with Crippen molar-refractivity contribution in [2.75, 3.05) is 26.5 Å². The summed E-state index contributed by atoms with van der Waals surface area (Å²) in [6, 6.07) is 4.82. The summed E-state index contributed by atoms with van der Waals surface area (Å²) in [6.07, 6.45) is 6.22. The quantitative estimate of drug-likeness (QED) is 0.669. The lowest BCUT2D eigenvalue weighted by molar-refractivity contribution is 0.0955. The van der Waals surface area contributed by atoms with Gasteiger partial charge in [0.25, 0.3) is 5.91 Å². The zero-order chi connectivity index (χ0) is 19.0. The number of sulfonamides is 1. The summed E-state index contributed by atoms with van der Waals surface area (Å²) < 4.78 is 37.5. The van der Waals surface area contributed by atoms with Gasteiger partial charge in [-0.15, -0.1) is 0 Å². The van der Waals surface area contributed by atoms with Gasteiger partial charge in [-0.3, -0.25) is 4.79 Å². The van der Waals surface area contributed by atoms with Crippen molar-refractivity contribution in [3.05, 3.63) is 23.8 Å². The first kappa shape index (κ1) is 20.5. The average Bonchev–Trinajstić information content (AvgIpc) is 2.88. The second-order valence-electron chi connectivity index (χ2n) is 6.45. The van der Waals surface area contributed by atoms with E-state index in [-0.39, 0.29) is 24.2 Å². The summed E-state index contributed by atoms with van der Waals surface area (Å²) in [6.45, 7) is 0.0508. The van der Waals surface area contributed by atoms with Crippen molar-refractivity contribution in [2.24, 2.45) is 0 Å². The first-order chi connectivity index (χ1) is 12.4. The Hall–Kier alpha value is -1.80. The molecule has 1 aliphatic carbocycles. The van der Waals surface area contributed by atoms with Crippen LogP contribution in [0.25, 0.3) is 0 Å². The summed E-state index contributed by atoms with van der Waals surface area (Å²) in [5.41, 5.74) is 0.386. The lowest BCUT2D eigenvalue weighted by atomic mass is 10.1. The second-order valence-corrected chi connectivity index (χ2v) is 8.32. The number of nitrogens with one attached hydrogen (secondary N) is 2. The molecule has 2 rings (SSSR count). The predicted octanol–water partition coefficient (Wildman–Crippen LogP) is 2.08. The van der Waals surface area contributed by atoms with E-state index in [0.29, 0.717) is 17.1 Å². The number of rotatable bonds is 8.